The van der Waals surface area contributed by atoms with Crippen molar-refractivity contribution in [2.24, 2.45) is 0 Å². The van der Waals surface area contributed by atoms with Crippen LogP contribution in [0.1, 0.15) is 31.2 Å². The molecule has 18 heavy (non-hydrogen) atoms. The fourth-order valence-electron chi connectivity index (χ4n) is 2.38. The molecule has 0 unspecified atom stereocenters. The van der Waals surface area contributed by atoms with Crippen LogP contribution < -0.4 is 0 Å². The van der Waals surface area contributed by atoms with E-state index in [1.165, 1.54) is 12.1 Å². The van der Waals surface area contributed by atoms with E-state index in [1.54, 1.807) is 13.0 Å². The monoisotopic (exact) mass is 269 g/mol. The molecule has 0 saturated heterocycles. The molecule has 0 amide bonds. The van der Waals surface area contributed by atoms with Crippen molar-refractivity contribution in [3.05, 3.63) is 33.9 Å². The molecule has 0 radical (unpaired) electrons. The molecule has 0 heterocycles. The first-order valence-electron chi connectivity index (χ1n) is 5.92. The summed E-state index contributed by atoms with van der Waals surface area (Å²) in [6.07, 6.45) is 2.97. The Kier molecular flexibility index (Phi) is 3.38. The Labute approximate surface area is 106 Å². The predicted octanol–water partition coefficient (Wildman–Crippen LogP) is 2.62. The highest BCUT2D eigenvalue weighted by atomic mass is 32.2. The van der Waals surface area contributed by atoms with E-state index in [0.717, 1.165) is 18.4 Å². The summed E-state index contributed by atoms with van der Waals surface area (Å²) in [5.74, 6) is 0. The number of hydrogen-bond acceptors (Lipinski definition) is 4. The Morgan fingerprint density at radius 1 is 1.28 bits per heavy atom. The topological polar surface area (TPSA) is 77.3 Å². The van der Waals surface area contributed by atoms with E-state index in [4.69, 9.17) is 0 Å². The van der Waals surface area contributed by atoms with E-state index in [9.17, 15) is 18.5 Å². The van der Waals surface area contributed by atoms with Crippen LogP contribution in [0.2, 0.25) is 0 Å². The van der Waals surface area contributed by atoms with Gasteiger partial charge in [-0.25, -0.2) is 8.42 Å². The molecule has 2 rings (SSSR count). The molecule has 1 fully saturated rings. The predicted molar refractivity (Wildman–Crippen MR) is 67.3 cm³/mol. The molecule has 5 nitrogen and oxygen atoms in total. The number of benzene rings is 1. The van der Waals surface area contributed by atoms with Crippen molar-refractivity contribution >= 4 is 15.5 Å². The number of aryl methyl sites for hydroxylation is 1. The third-order valence-electron chi connectivity index (χ3n) is 3.36. The van der Waals surface area contributed by atoms with Crippen molar-refractivity contribution in [3.8, 4) is 0 Å². The lowest BCUT2D eigenvalue weighted by Crippen LogP contribution is -2.19. The van der Waals surface area contributed by atoms with Crippen molar-refractivity contribution in [2.45, 2.75) is 42.8 Å². The van der Waals surface area contributed by atoms with Crippen molar-refractivity contribution in [3.63, 3.8) is 0 Å². The van der Waals surface area contributed by atoms with E-state index in [0.29, 0.717) is 12.8 Å². The molecule has 6 heteroatoms. The molecule has 0 atom stereocenters. The van der Waals surface area contributed by atoms with E-state index in [2.05, 4.69) is 0 Å². The number of rotatable bonds is 3. The molecule has 0 bridgehead atoms. The van der Waals surface area contributed by atoms with Crippen molar-refractivity contribution in [2.75, 3.05) is 0 Å². The Morgan fingerprint density at radius 3 is 2.44 bits per heavy atom. The average Bonchev–Trinajstić information content (AvgIpc) is 2.82. The van der Waals surface area contributed by atoms with Crippen LogP contribution in [0.5, 0.6) is 0 Å². The number of nitro groups is 1. The number of nitro benzene ring substituents is 1. The van der Waals surface area contributed by atoms with Gasteiger partial charge in [-0.3, -0.25) is 10.1 Å². The van der Waals surface area contributed by atoms with Gasteiger partial charge in [0.05, 0.1) is 10.2 Å². The number of nitrogens with zero attached hydrogens (tertiary/aromatic N) is 1. The van der Waals surface area contributed by atoms with Gasteiger partial charge in [-0.05, 0) is 31.4 Å². The quantitative estimate of drug-likeness (QED) is 0.624. The van der Waals surface area contributed by atoms with Gasteiger partial charge in [0, 0.05) is 6.07 Å². The van der Waals surface area contributed by atoms with Crippen LogP contribution in [0, 0.1) is 17.0 Å². The highest BCUT2D eigenvalue weighted by molar-refractivity contribution is 7.92. The van der Waals surface area contributed by atoms with E-state index in [-0.39, 0.29) is 10.6 Å². The standard InChI is InChI=1S/C12H15NO4S/c1-9-6-7-11(13(14)15)12(8-9)18(16,17)10-4-2-3-5-10/h6-8,10H,2-5H2,1H3. The first-order valence-corrected chi connectivity index (χ1v) is 7.46. The Balaban J connectivity index is 2.55. The smallest absolute Gasteiger partial charge is 0.258 e. The van der Waals surface area contributed by atoms with Gasteiger partial charge in [0.1, 0.15) is 4.90 Å². The summed E-state index contributed by atoms with van der Waals surface area (Å²) in [5.41, 5.74) is 0.407. The summed E-state index contributed by atoms with van der Waals surface area (Å²) in [6.45, 7) is 1.73. The summed E-state index contributed by atoms with van der Waals surface area (Å²) in [4.78, 5) is 10.2. The maximum absolute atomic E-state index is 12.4. The molecule has 0 aliphatic heterocycles. The highest BCUT2D eigenvalue weighted by Gasteiger charge is 2.35. The normalized spacial score (nSPS) is 16.9. The summed E-state index contributed by atoms with van der Waals surface area (Å²) in [7, 11) is -3.58. The molecule has 1 aliphatic rings. The van der Waals surface area contributed by atoms with Crippen LogP contribution in [-0.4, -0.2) is 18.6 Å². The Morgan fingerprint density at radius 2 is 1.89 bits per heavy atom. The minimum Gasteiger partial charge on any atom is -0.258 e. The van der Waals surface area contributed by atoms with Crippen LogP contribution in [0.4, 0.5) is 5.69 Å². The molecular weight excluding hydrogens is 254 g/mol. The second-order valence-electron chi connectivity index (χ2n) is 4.68. The lowest BCUT2D eigenvalue weighted by molar-refractivity contribution is -0.387. The highest BCUT2D eigenvalue weighted by Crippen LogP contribution is 2.34. The first kappa shape index (κ1) is 13.0. The first-order chi connectivity index (χ1) is 8.43. The van der Waals surface area contributed by atoms with Crippen molar-refractivity contribution in [1.82, 2.24) is 0 Å². The minimum absolute atomic E-state index is 0.126. The maximum Gasteiger partial charge on any atom is 0.288 e. The third-order valence-corrected chi connectivity index (χ3v) is 5.65. The van der Waals surface area contributed by atoms with Gasteiger partial charge < -0.3 is 0 Å². The summed E-state index contributed by atoms with van der Waals surface area (Å²) in [6, 6.07) is 4.24. The average molecular weight is 269 g/mol. The van der Waals surface area contributed by atoms with Gasteiger partial charge in [-0.15, -0.1) is 0 Å². The van der Waals surface area contributed by atoms with Gasteiger partial charge >= 0.3 is 0 Å². The minimum atomic E-state index is -3.58. The molecule has 0 N–H and O–H groups in total. The van der Waals surface area contributed by atoms with Crippen LogP contribution in [-0.2, 0) is 9.84 Å². The van der Waals surface area contributed by atoms with Gasteiger partial charge in [0.25, 0.3) is 5.69 Å². The largest absolute Gasteiger partial charge is 0.288 e. The van der Waals surface area contributed by atoms with Crippen LogP contribution in [0.25, 0.3) is 0 Å². The van der Waals surface area contributed by atoms with E-state index < -0.39 is 20.0 Å². The second-order valence-corrected chi connectivity index (χ2v) is 6.88. The zero-order valence-electron chi connectivity index (χ0n) is 10.1. The summed E-state index contributed by atoms with van der Waals surface area (Å²) >= 11 is 0. The second kappa shape index (κ2) is 4.68. The molecule has 1 aromatic rings. The lowest BCUT2D eigenvalue weighted by Gasteiger charge is -2.11. The molecule has 1 aromatic carbocycles. The maximum atomic E-state index is 12.4. The van der Waals surface area contributed by atoms with Crippen molar-refractivity contribution in [1.29, 1.82) is 0 Å². The zero-order valence-corrected chi connectivity index (χ0v) is 10.9. The molecule has 1 saturated carbocycles. The Hall–Kier alpha value is -1.43. The zero-order chi connectivity index (χ0) is 13.3. The van der Waals surface area contributed by atoms with Gasteiger partial charge in [0.15, 0.2) is 9.84 Å². The van der Waals surface area contributed by atoms with Gasteiger partial charge in [-0.1, -0.05) is 18.9 Å². The van der Waals surface area contributed by atoms with Crippen LogP contribution in [0.15, 0.2) is 23.1 Å². The van der Waals surface area contributed by atoms with E-state index in [1.807, 2.05) is 0 Å². The summed E-state index contributed by atoms with van der Waals surface area (Å²) < 4.78 is 24.8. The van der Waals surface area contributed by atoms with E-state index >= 15 is 0 Å². The molecule has 1 aliphatic carbocycles. The SMILES string of the molecule is Cc1ccc([N+](=O)[O-])c(S(=O)(=O)C2CCCC2)c1. The van der Waals surface area contributed by atoms with Crippen LogP contribution >= 0.6 is 0 Å². The summed E-state index contributed by atoms with van der Waals surface area (Å²) in [5, 5.41) is 10.5. The third kappa shape index (κ3) is 2.25. The Bertz CT molecular complexity index is 574. The fraction of sp³-hybridized carbons (Fsp3) is 0.500. The lowest BCUT2D eigenvalue weighted by atomic mass is 10.2. The van der Waals surface area contributed by atoms with Gasteiger partial charge in [0.2, 0.25) is 0 Å². The molecular formula is C12H15NO4S. The van der Waals surface area contributed by atoms with Crippen LogP contribution in [0.3, 0.4) is 0 Å². The molecule has 0 spiro atoms. The fourth-order valence-corrected chi connectivity index (χ4v) is 4.48. The van der Waals surface area contributed by atoms with Crippen molar-refractivity contribution < 1.29 is 13.3 Å². The van der Waals surface area contributed by atoms with Gasteiger partial charge in [-0.2, -0.15) is 0 Å². The molecule has 98 valence electrons. The number of sulfone groups is 1. The molecule has 0 aromatic heterocycles. The number of hydrogen-bond donors (Lipinski definition) is 0.